The highest BCUT2D eigenvalue weighted by molar-refractivity contribution is 7.92. The average molecular weight is 432 g/mol. The first-order valence-corrected chi connectivity index (χ1v) is 10.0. The largest absolute Gasteiger partial charge is 0.323 e. The Morgan fingerprint density at radius 1 is 0.833 bits per heavy atom. The van der Waals surface area contributed by atoms with Gasteiger partial charge in [-0.25, -0.2) is 21.6 Å². The summed E-state index contributed by atoms with van der Waals surface area (Å²) in [5.74, 6) is -3.31. The molecule has 3 aromatic carbocycles. The van der Waals surface area contributed by atoms with Gasteiger partial charge in [-0.15, -0.1) is 0 Å². The van der Waals surface area contributed by atoms with E-state index in [0.717, 1.165) is 12.1 Å². The van der Waals surface area contributed by atoms with Crippen LogP contribution in [0.15, 0.2) is 77.7 Å². The Balaban J connectivity index is 1.64. The van der Waals surface area contributed by atoms with Crippen molar-refractivity contribution in [3.05, 3.63) is 95.8 Å². The van der Waals surface area contributed by atoms with Crippen LogP contribution in [-0.4, -0.2) is 14.3 Å². The summed E-state index contributed by atoms with van der Waals surface area (Å²) in [6.45, 7) is 0. The van der Waals surface area contributed by atoms with Crippen LogP contribution in [0.25, 0.3) is 6.08 Å². The van der Waals surface area contributed by atoms with Crippen LogP contribution in [0.2, 0.25) is 0 Å². The number of hydrogen-bond donors (Lipinski definition) is 2. The van der Waals surface area contributed by atoms with Crippen molar-refractivity contribution in [2.75, 3.05) is 10.0 Å². The van der Waals surface area contributed by atoms with E-state index in [1.807, 2.05) is 0 Å². The van der Waals surface area contributed by atoms with Crippen molar-refractivity contribution in [3.8, 4) is 0 Å². The maximum absolute atomic E-state index is 13.3. The minimum atomic E-state index is -4.12. The molecule has 0 aromatic heterocycles. The van der Waals surface area contributed by atoms with Gasteiger partial charge in [0.2, 0.25) is 5.91 Å². The van der Waals surface area contributed by atoms with Crippen LogP contribution in [-0.2, 0) is 14.8 Å². The van der Waals surface area contributed by atoms with E-state index in [9.17, 15) is 26.4 Å². The van der Waals surface area contributed by atoms with Gasteiger partial charge in [0.05, 0.1) is 4.90 Å². The summed E-state index contributed by atoms with van der Waals surface area (Å²) < 4.78 is 66.2. The second-order valence-electron chi connectivity index (χ2n) is 6.14. The molecule has 0 spiro atoms. The minimum absolute atomic E-state index is 0.160. The van der Waals surface area contributed by atoms with Gasteiger partial charge in [0, 0.05) is 17.5 Å². The topological polar surface area (TPSA) is 75.3 Å². The first kappa shape index (κ1) is 21.1. The van der Waals surface area contributed by atoms with Gasteiger partial charge in [0.25, 0.3) is 10.0 Å². The summed E-state index contributed by atoms with van der Waals surface area (Å²) in [6, 6.07) is 13.7. The number of carbonyl (C=O) groups excluding carboxylic acids is 1. The number of carbonyl (C=O) groups is 1. The molecule has 0 saturated heterocycles. The summed E-state index contributed by atoms with van der Waals surface area (Å²) in [5, 5.41) is 2.57. The van der Waals surface area contributed by atoms with Crippen LogP contribution in [0, 0.1) is 17.5 Å². The van der Waals surface area contributed by atoms with Crippen molar-refractivity contribution in [2.24, 2.45) is 0 Å². The molecule has 0 heterocycles. The third-order valence-electron chi connectivity index (χ3n) is 3.88. The predicted molar refractivity (Wildman–Crippen MR) is 108 cm³/mol. The van der Waals surface area contributed by atoms with Crippen molar-refractivity contribution in [1.29, 1.82) is 0 Å². The summed E-state index contributed by atoms with van der Waals surface area (Å²) in [6.07, 6.45) is 2.68. The van der Waals surface area contributed by atoms with E-state index in [4.69, 9.17) is 0 Å². The zero-order valence-electron chi connectivity index (χ0n) is 15.3. The Morgan fingerprint density at radius 3 is 2.20 bits per heavy atom. The fourth-order valence-electron chi connectivity index (χ4n) is 2.45. The number of nitrogens with one attached hydrogen (secondary N) is 2. The third kappa shape index (κ3) is 5.48. The smallest absolute Gasteiger partial charge is 0.261 e. The Labute approximate surface area is 170 Å². The first-order chi connectivity index (χ1) is 14.2. The number of amides is 1. The van der Waals surface area contributed by atoms with Gasteiger partial charge in [0.1, 0.15) is 5.82 Å². The van der Waals surface area contributed by atoms with Gasteiger partial charge in [0.15, 0.2) is 11.6 Å². The normalized spacial score (nSPS) is 11.4. The lowest BCUT2D eigenvalue weighted by Gasteiger charge is -2.09. The molecule has 0 unspecified atom stereocenters. The van der Waals surface area contributed by atoms with Gasteiger partial charge in [-0.1, -0.05) is 12.1 Å². The highest BCUT2D eigenvalue weighted by Crippen LogP contribution is 2.20. The molecule has 3 aromatic rings. The van der Waals surface area contributed by atoms with Gasteiger partial charge in [-0.05, 0) is 66.2 Å². The molecule has 2 N–H and O–H groups in total. The molecule has 0 saturated carbocycles. The van der Waals surface area contributed by atoms with Crippen LogP contribution in [0.4, 0.5) is 24.5 Å². The third-order valence-corrected chi connectivity index (χ3v) is 5.26. The van der Waals surface area contributed by atoms with Crippen LogP contribution in [0.5, 0.6) is 0 Å². The highest BCUT2D eigenvalue weighted by Gasteiger charge is 2.16. The quantitative estimate of drug-likeness (QED) is 0.561. The molecule has 0 fully saturated rings. The number of anilines is 2. The van der Waals surface area contributed by atoms with Crippen molar-refractivity contribution in [2.45, 2.75) is 4.90 Å². The molecule has 0 radical (unpaired) electrons. The fraction of sp³-hybridized carbons (Fsp3) is 0. The summed E-state index contributed by atoms with van der Waals surface area (Å²) in [7, 11) is -4.12. The Hall–Kier alpha value is -3.59. The summed E-state index contributed by atoms with van der Waals surface area (Å²) in [4.78, 5) is 11.5. The average Bonchev–Trinajstić information content (AvgIpc) is 2.70. The maximum atomic E-state index is 13.3. The zero-order valence-corrected chi connectivity index (χ0v) is 16.1. The zero-order chi connectivity index (χ0) is 21.7. The summed E-state index contributed by atoms with van der Waals surface area (Å²) in [5.41, 5.74) is 1.07. The van der Waals surface area contributed by atoms with E-state index in [2.05, 4.69) is 10.0 Å². The van der Waals surface area contributed by atoms with Gasteiger partial charge in [-0.2, -0.15) is 0 Å². The van der Waals surface area contributed by atoms with E-state index in [1.54, 1.807) is 6.07 Å². The number of sulfonamides is 1. The highest BCUT2D eigenvalue weighted by atomic mass is 32.2. The number of benzene rings is 3. The van der Waals surface area contributed by atoms with E-state index >= 15 is 0 Å². The number of hydrogen-bond acceptors (Lipinski definition) is 3. The van der Waals surface area contributed by atoms with Crippen LogP contribution >= 0.6 is 0 Å². The lowest BCUT2D eigenvalue weighted by Crippen LogP contribution is -2.13. The predicted octanol–water partition coefficient (Wildman–Crippen LogP) is 4.56. The Morgan fingerprint density at radius 2 is 1.53 bits per heavy atom. The van der Waals surface area contributed by atoms with Crippen molar-refractivity contribution >= 4 is 33.4 Å². The standard InChI is InChI=1S/C21H15F3N2O3S/c22-15-3-1-2-14(12-15)4-11-21(27)25-16-5-7-17(8-6-16)26-30(28,29)18-9-10-19(23)20(24)13-18/h1-13,26H,(H,25,27)/b11-4+. The fourth-order valence-corrected chi connectivity index (χ4v) is 3.52. The molecule has 30 heavy (non-hydrogen) atoms. The van der Waals surface area contributed by atoms with Crippen LogP contribution in [0.1, 0.15) is 5.56 Å². The lowest BCUT2D eigenvalue weighted by molar-refractivity contribution is -0.111. The second kappa shape index (κ2) is 8.83. The molecule has 0 aliphatic rings. The number of rotatable bonds is 6. The van der Waals surface area contributed by atoms with Gasteiger partial charge in [-0.3, -0.25) is 9.52 Å². The van der Waals surface area contributed by atoms with Crippen molar-refractivity contribution < 1.29 is 26.4 Å². The van der Waals surface area contributed by atoms with Crippen molar-refractivity contribution in [3.63, 3.8) is 0 Å². The van der Waals surface area contributed by atoms with Gasteiger partial charge < -0.3 is 5.32 Å². The van der Waals surface area contributed by atoms with E-state index in [1.165, 1.54) is 54.6 Å². The van der Waals surface area contributed by atoms with E-state index in [0.29, 0.717) is 17.3 Å². The van der Waals surface area contributed by atoms with Crippen molar-refractivity contribution in [1.82, 2.24) is 0 Å². The van der Waals surface area contributed by atoms with E-state index in [-0.39, 0.29) is 5.69 Å². The lowest BCUT2D eigenvalue weighted by atomic mass is 10.2. The molecule has 154 valence electrons. The first-order valence-electron chi connectivity index (χ1n) is 8.55. The van der Waals surface area contributed by atoms with Crippen LogP contribution in [0.3, 0.4) is 0 Å². The van der Waals surface area contributed by atoms with Gasteiger partial charge >= 0.3 is 0 Å². The molecule has 3 rings (SSSR count). The molecular weight excluding hydrogens is 417 g/mol. The maximum Gasteiger partial charge on any atom is 0.261 e. The molecule has 0 bridgehead atoms. The molecule has 0 aliphatic carbocycles. The molecule has 9 heteroatoms. The molecule has 0 aliphatic heterocycles. The molecule has 0 atom stereocenters. The molecule has 1 amide bonds. The SMILES string of the molecule is O=C(/C=C/c1cccc(F)c1)Nc1ccc(NS(=O)(=O)c2ccc(F)c(F)c2)cc1. The monoisotopic (exact) mass is 432 g/mol. The minimum Gasteiger partial charge on any atom is -0.323 e. The molecule has 5 nitrogen and oxygen atoms in total. The number of halogens is 3. The van der Waals surface area contributed by atoms with E-state index < -0.39 is 38.3 Å². The molecular formula is C21H15F3N2O3S. The summed E-state index contributed by atoms with van der Waals surface area (Å²) >= 11 is 0. The Bertz CT molecular complexity index is 1210. The van der Waals surface area contributed by atoms with Crippen LogP contribution < -0.4 is 10.0 Å². The Kier molecular flexibility index (Phi) is 6.22. The second-order valence-corrected chi connectivity index (χ2v) is 7.82.